The molecule has 1 aliphatic heterocycles. The van der Waals surface area contributed by atoms with Gasteiger partial charge in [-0.3, -0.25) is 4.79 Å². The van der Waals surface area contributed by atoms with Crippen molar-refractivity contribution < 1.29 is 14.3 Å². The van der Waals surface area contributed by atoms with Crippen LogP contribution in [0.3, 0.4) is 0 Å². The number of benzene rings is 1. The average molecular weight is 383 g/mol. The molecule has 1 aromatic carbocycles. The highest BCUT2D eigenvalue weighted by molar-refractivity contribution is 5.89. The summed E-state index contributed by atoms with van der Waals surface area (Å²) in [5.74, 6) is 1.95. The largest absolute Gasteiger partial charge is 0.462 e. The predicted molar refractivity (Wildman–Crippen MR) is 107 cm³/mol. The van der Waals surface area contributed by atoms with E-state index in [2.05, 4.69) is 20.2 Å². The van der Waals surface area contributed by atoms with Gasteiger partial charge >= 0.3 is 5.97 Å². The fourth-order valence-electron chi connectivity index (χ4n) is 3.08. The Morgan fingerprint density at radius 1 is 1.11 bits per heavy atom. The van der Waals surface area contributed by atoms with Crippen LogP contribution in [0.5, 0.6) is 0 Å². The van der Waals surface area contributed by atoms with E-state index in [4.69, 9.17) is 4.74 Å². The first-order valence-corrected chi connectivity index (χ1v) is 9.36. The maximum Gasteiger partial charge on any atom is 0.338 e. The van der Waals surface area contributed by atoms with Crippen LogP contribution < -0.4 is 10.2 Å². The van der Waals surface area contributed by atoms with E-state index in [0.29, 0.717) is 36.9 Å². The van der Waals surface area contributed by atoms with E-state index in [-0.39, 0.29) is 11.9 Å². The summed E-state index contributed by atoms with van der Waals surface area (Å²) in [6, 6.07) is 8.96. The van der Waals surface area contributed by atoms with Gasteiger partial charge in [0, 0.05) is 44.9 Å². The highest BCUT2D eigenvalue weighted by Crippen LogP contribution is 2.21. The molecule has 8 nitrogen and oxygen atoms in total. The monoisotopic (exact) mass is 383 g/mol. The number of hydrogen-bond donors (Lipinski definition) is 1. The van der Waals surface area contributed by atoms with Crippen molar-refractivity contribution in [3.05, 3.63) is 41.7 Å². The molecule has 2 heterocycles. The summed E-state index contributed by atoms with van der Waals surface area (Å²) in [6.45, 7) is 8.44. The molecule has 8 heteroatoms. The van der Waals surface area contributed by atoms with Crippen LogP contribution in [0, 0.1) is 6.92 Å². The van der Waals surface area contributed by atoms with Crippen LogP contribution in [0.25, 0.3) is 0 Å². The number of hydrogen-bond acceptors (Lipinski definition) is 7. The van der Waals surface area contributed by atoms with Gasteiger partial charge in [0.25, 0.3) is 0 Å². The molecule has 2 aromatic rings. The third-order valence-electron chi connectivity index (χ3n) is 4.54. The molecule has 0 atom stereocenters. The van der Waals surface area contributed by atoms with Crippen LogP contribution in [-0.2, 0) is 9.53 Å². The zero-order valence-corrected chi connectivity index (χ0v) is 16.4. The molecule has 0 radical (unpaired) electrons. The first kappa shape index (κ1) is 19.6. The third kappa shape index (κ3) is 4.76. The second kappa shape index (κ2) is 8.69. The summed E-state index contributed by atoms with van der Waals surface area (Å²) in [5, 5.41) is 3.25. The zero-order valence-electron chi connectivity index (χ0n) is 16.4. The lowest BCUT2D eigenvalue weighted by Gasteiger charge is -2.35. The molecule has 0 saturated carbocycles. The van der Waals surface area contributed by atoms with E-state index in [0.717, 1.165) is 24.6 Å². The van der Waals surface area contributed by atoms with E-state index < -0.39 is 0 Å². The van der Waals surface area contributed by atoms with Gasteiger partial charge in [-0.15, -0.1) is 0 Å². The summed E-state index contributed by atoms with van der Waals surface area (Å²) in [6.07, 6.45) is 0. The Hall–Kier alpha value is -3.16. The number of nitrogens with one attached hydrogen (secondary N) is 1. The zero-order chi connectivity index (χ0) is 20.1. The van der Waals surface area contributed by atoms with Gasteiger partial charge in [0.15, 0.2) is 0 Å². The number of carbonyl (C=O) groups is 2. The fraction of sp³-hybridized carbons (Fsp3) is 0.400. The van der Waals surface area contributed by atoms with Gasteiger partial charge in [0.1, 0.15) is 17.5 Å². The highest BCUT2D eigenvalue weighted by Gasteiger charge is 2.20. The molecule has 3 rings (SSSR count). The van der Waals surface area contributed by atoms with Crippen LogP contribution in [0.15, 0.2) is 30.3 Å². The van der Waals surface area contributed by atoms with Crippen molar-refractivity contribution in [2.45, 2.75) is 20.8 Å². The lowest BCUT2D eigenvalue weighted by molar-refractivity contribution is -0.129. The Morgan fingerprint density at radius 2 is 1.79 bits per heavy atom. The topological polar surface area (TPSA) is 87.7 Å². The SMILES string of the molecule is CCOC(=O)c1ccc(Nc2cc(N3CCN(C(C)=O)CC3)nc(C)n2)cc1. The summed E-state index contributed by atoms with van der Waals surface area (Å²) in [4.78, 5) is 36.2. The van der Waals surface area contributed by atoms with E-state index in [1.54, 1.807) is 26.0 Å². The van der Waals surface area contributed by atoms with Gasteiger partial charge in [-0.25, -0.2) is 14.8 Å². The van der Waals surface area contributed by atoms with Gasteiger partial charge in [0.05, 0.1) is 12.2 Å². The molecule has 1 saturated heterocycles. The molecule has 0 bridgehead atoms. The van der Waals surface area contributed by atoms with E-state index in [1.807, 2.05) is 30.0 Å². The molecule has 1 fully saturated rings. The number of ether oxygens (including phenoxy) is 1. The minimum absolute atomic E-state index is 0.104. The molecule has 1 aliphatic rings. The Morgan fingerprint density at radius 3 is 2.39 bits per heavy atom. The van der Waals surface area contributed by atoms with Gasteiger partial charge < -0.3 is 19.9 Å². The average Bonchev–Trinajstić information content (AvgIpc) is 2.68. The maximum atomic E-state index is 11.8. The number of piperazine rings is 1. The summed E-state index contributed by atoms with van der Waals surface area (Å²) in [7, 11) is 0. The number of amides is 1. The molecule has 148 valence electrons. The number of esters is 1. The van der Waals surface area contributed by atoms with Crippen LogP contribution >= 0.6 is 0 Å². The van der Waals surface area contributed by atoms with Crippen molar-refractivity contribution in [2.75, 3.05) is 43.0 Å². The van der Waals surface area contributed by atoms with Crippen LogP contribution in [-0.4, -0.2) is 59.5 Å². The van der Waals surface area contributed by atoms with Crippen molar-refractivity contribution in [1.29, 1.82) is 0 Å². The second-order valence-corrected chi connectivity index (χ2v) is 6.57. The fourth-order valence-corrected chi connectivity index (χ4v) is 3.08. The smallest absolute Gasteiger partial charge is 0.338 e. The van der Waals surface area contributed by atoms with Crippen molar-refractivity contribution in [3.63, 3.8) is 0 Å². The van der Waals surface area contributed by atoms with Gasteiger partial charge in [-0.1, -0.05) is 0 Å². The Kier molecular flexibility index (Phi) is 6.08. The molecular weight excluding hydrogens is 358 g/mol. The minimum atomic E-state index is -0.334. The van der Waals surface area contributed by atoms with Crippen molar-refractivity contribution in [1.82, 2.24) is 14.9 Å². The highest BCUT2D eigenvalue weighted by atomic mass is 16.5. The molecule has 1 aromatic heterocycles. The number of aryl methyl sites for hydroxylation is 1. The Labute approximate surface area is 164 Å². The lowest BCUT2D eigenvalue weighted by Crippen LogP contribution is -2.48. The Bertz CT molecular complexity index is 845. The van der Waals surface area contributed by atoms with Gasteiger partial charge in [-0.2, -0.15) is 0 Å². The predicted octanol–water partition coefficient (Wildman–Crippen LogP) is 2.37. The van der Waals surface area contributed by atoms with E-state index in [1.165, 1.54) is 0 Å². The standard InChI is InChI=1S/C20H25N5O3/c1-4-28-20(27)16-5-7-17(8-6-16)23-18-13-19(22-14(2)21-18)25-11-9-24(10-12-25)15(3)26/h5-8,13H,4,9-12H2,1-3H3,(H,21,22,23). The lowest BCUT2D eigenvalue weighted by atomic mass is 10.2. The molecule has 0 spiro atoms. The molecule has 28 heavy (non-hydrogen) atoms. The maximum absolute atomic E-state index is 11.8. The minimum Gasteiger partial charge on any atom is -0.462 e. The first-order valence-electron chi connectivity index (χ1n) is 9.36. The van der Waals surface area contributed by atoms with Crippen LogP contribution in [0.1, 0.15) is 30.0 Å². The number of aromatic nitrogens is 2. The van der Waals surface area contributed by atoms with Crippen LogP contribution in [0.2, 0.25) is 0 Å². The molecule has 0 aliphatic carbocycles. The molecule has 1 amide bonds. The number of rotatable bonds is 5. The van der Waals surface area contributed by atoms with Crippen molar-refractivity contribution >= 4 is 29.2 Å². The van der Waals surface area contributed by atoms with Gasteiger partial charge in [-0.05, 0) is 38.1 Å². The third-order valence-corrected chi connectivity index (χ3v) is 4.54. The molecule has 1 N–H and O–H groups in total. The Balaban J connectivity index is 1.70. The molecular formula is C20H25N5O3. The second-order valence-electron chi connectivity index (χ2n) is 6.57. The summed E-state index contributed by atoms with van der Waals surface area (Å²) < 4.78 is 5.00. The molecule has 0 unspecified atom stereocenters. The summed E-state index contributed by atoms with van der Waals surface area (Å²) in [5.41, 5.74) is 1.33. The first-order chi connectivity index (χ1) is 13.5. The number of carbonyl (C=O) groups excluding carboxylic acids is 2. The van der Waals surface area contributed by atoms with E-state index >= 15 is 0 Å². The number of anilines is 3. The van der Waals surface area contributed by atoms with Crippen molar-refractivity contribution in [2.24, 2.45) is 0 Å². The van der Waals surface area contributed by atoms with E-state index in [9.17, 15) is 9.59 Å². The quantitative estimate of drug-likeness (QED) is 0.793. The van der Waals surface area contributed by atoms with Crippen LogP contribution in [0.4, 0.5) is 17.3 Å². The normalized spacial score (nSPS) is 14.0. The van der Waals surface area contributed by atoms with Crippen molar-refractivity contribution in [3.8, 4) is 0 Å². The number of nitrogens with zero attached hydrogens (tertiary/aromatic N) is 4. The summed E-state index contributed by atoms with van der Waals surface area (Å²) >= 11 is 0. The van der Waals surface area contributed by atoms with Gasteiger partial charge in [0.2, 0.25) is 5.91 Å².